The smallest absolute Gasteiger partial charge is 0.497 e. The largest absolute Gasteiger partial charge is 0.573 e. The molecule has 1 aliphatic heterocycles. The van der Waals surface area contributed by atoms with Crippen molar-refractivity contribution < 1.29 is 32.2 Å². The van der Waals surface area contributed by atoms with Crippen molar-refractivity contribution in [3.05, 3.63) is 83.9 Å². The second-order valence-electron chi connectivity index (χ2n) is 8.49. The van der Waals surface area contributed by atoms with Gasteiger partial charge in [-0.05, 0) is 53.9 Å². The molecule has 3 amide bonds. The predicted molar refractivity (Wildman–Crippen MR) is 133 cm³/mol. The summed E-state index contributed by atoms with van der Waals surface area (Å²) >= 11 is 0. The Morgan fingerprint density at radius 3 is 2.43 bits per heavy atom. The average molecular weight is 514 g/mol. The van der Waals surface area contributed by atoms with Gasteiger partial charge in [-0.25, -0.2) is 4.79 Å². The molecule has 4 rings (SSSR count). The minimum absolute atomic E-state index is 0.139. The maximum absolute atomic E-state index is 13.3. The van der Waals surface area contributed by atoms with Crippen LogP contribution in [0.4, 0.5) is 29.3 Å². The molecule has 0 aromatic heterocycles. The molecule has 0 radical (unpaired) electrons. The molecule has 194 valence electrons. The van der Waals surface area contributed by atoms with Gasteiger partial charge in [0.15, 0.2) is 0 Å². The van der Waals surface area contributed by atoms with Crippen molar-refractivity contribution in [2.75, 3.05) is 30.4 Å². The molecule has 0 spiro atoms. The normalized spacial score (nSPS) is 13.9. The maximum atomic E-state index is 13.3. The minimum atomic E-state index is -4.76. The lowest BCUT2D eigenvalue weighted by Crippen LogP contribution is -2.49. The summed E-state index contributed by atoms with van der Waals surface area (Å²) in [5, 5.41) is 2.91. The summed E-state index contributed by atoms with van der Waals surface area (Å²) in [5.41, 5.74) is 2.55. The van der Waals surface area contributed by atoms with E-state index in [1.807, 2.05) is 12.1 Å². The van der Waals surface area contributed by atoms with Crippen LogP contribution in [0.15, 0.2) is 72.8 Å². The molecule has 10 heteroatoms. The Bertz CT molecular complexity index is 1250. The maximum Gasteiger partial charge on any atom is 0.573 e. The molecule has 1 N–H and O–H groups in total. The molecule has 1 heterocycles. The lowest BCUT2D eigenvalue weighted by molar-refractivity contribution is -0.274. The molecule has 0 saturated carbocycles. The summed E-state index contributed by atoms with van der Waals surface area (Å²) in [6.45, 7) is 1.20. The highest BCUT2D eigenvalue weighted by atomic mass is 19.4. The number of carbonyl (C=O) groups excluding carboxylic acids is 2. The topological polar surface area (TPSA) is 71.1 Å². The number of anilines is 2. The van der Waals surface area contributed by atoms with E-state index in [1.165, 1.54) is 24.3 Å². The van der Waals surface area contributed by atoms with Gasteiger partial charge in [0.25, 0.3) is 0 Å². The molecular formula is C27H26F3N3O4. The number of benzene rings is 3. The van der Waals surface area contributed by atoms with Crippen molar-refractivity contribution in [1.29, 1.82) is 0 Å². The molecule has 3 aromatic rings. The SMILES string of the molecule is COc1cccc(CC(=O)Nc2ccccc2N2CCCN(Cc3ccc(OC(F)(F)F)cc3)C2=O)c1. The first-order valence-electron chi connectivity index (χ1n) is 11.6. The van der Waals surface area contributed by atoms with Gasteiger partial charge in [0.2, 0.25) is 5.91 Å². The van der Waals surface area contributed by atoms with E-state index in [4.69, 9.17) is 4.74 Å². The van der Waals surface area contributed by atoms with Crippen LogP contribution in [0.1, 0.15) is 17.5 Å². The second kappa shape index (κ2) is 11.2. The number of para-hydroxylation sites is 2. The lowest BCUT2D eigenvalue weighted by atomic mass is 10.1. The molecule has 0 aliphatic carbocycles. The van der Waals surface area contributed by atoms with Gasteiger partial charge in [-0.2, -0.15) is 0 Å². The van der Waals surface area contributed by atoms with E-state index in [0.717, 1.165) is 5.56 Å². The molecular weight excluding hydrogens is 487 g/mol. The number of rotatable bonds is 8. The summed E-state index contributed by atoms with van der Waals surface area (Å²) < 4.78 is 46.3. The van der Waals surface area contributed by atoms with E-state index in [2.05, 4.69) is 10.1 Å². The minimum Gasteiger partial charge on any atom is -0.497 e. The number of hydrogen-bond acceptors (Lipinski definition) is 4. The molecule has 1 aliphatic rings. The van der Waals surface area contributed by atoms with Crippen LogP contribution in [-0.2, 0) is 17.8 Å². The zero-order chi connectivity index (χ0) is 26.4. The third kappa shape index (κ3) is 6.93. The highest BCUT2D eigenvalue weighted by Gasteiger charge is 2.31. The van der Waals surface area contributed by atoms with Crippen LogP contribution in [-0.4, -0.2) is 43.4 Å². The van der Waals surface area contributed by atoms with Crippen molar-refractivity contribution in [3.8, 4) is 11.5 Å². The number of ether oxygens (including phenoxy) is 2. The fraction of sp³-hybridized carbons (Fsp3) is 0.259. The number of nitrogens with one attached hydrogen (secondary N) is 1. The monoisotopic (exact) mass is 513 g/mol. The molecule has 0 bridgehead atoms. The summed E-state index contributed by atoms with van der Waals surface area (Å²) in [6.07, 6.45) is -3.94. The third-order valence-corrected chi connectivity index (χ3v) is 5.81. The van der Waals surface area contributed by atoms with E-state index in [9.17, 15) is 22.8 Å². The van der Waals surface area contributed by atoms with E-state index < -0.39 is 6.36 Å². The predicted octanol–water partition coefficient (Wildman–Crippen LogP) is 5.61. The summed E-state index contributed by atoms with van der Waals surface area (Å²) in [6, 6.07) is 19.5. The Kier molecular flexibility index (Phi) is 7.86. The van der Waals surface area contributed by atoms with Gasteiger partial charge >= 0.3 is 12.4 Å². The summed E-state index contributed by atoms with van der Waals surface area (Å²) in [7, 11) is 1.56. The van der Waals surface area contributed by atoms with Gasteiger partial charge in [0.05, 0.1) is 24.9 Å². The van der Waals surface area contributed by atoms with Crippen LogP contribution in [0.2, 0.25) is 0 Å². The average Bonchev–Trinajstić information content (AvgIpc) is 2.86. The van der Waals surface area contributed by atoms with Crippen LogP contribution in [0.25, 0.3) is 0 Å². The van der Waals surface area contributed by atoms with Gasteiger partial charge in [-0.1, -0.05) is 36.4 Å². The number of methoxy groups -OCH3 is 1. The van der Waals surface area contributed by atoms with Crippen molar-refractivity contribution in [1.82, 2.24) is 4.90 Å². The summed E-state index contributed by atoms with van der Waals surface area (Å²) in [5.74, 6) is 0.108. The molecule has 1 saturated heterocycles. The molecule has 7 nitrogen and oxygen atoms in total. The number of carbonyl (C=O) groups is 2. The molecule has 3 aromatic carbocycles. The van der Waals surface area contributed by atoms with Gasteiger partial charge in [0, 0.05) is 19.6 Å². The first-order chi connectivity index (χ1) is 17.7. The Morgan fingerprint density at radius 2 is 1.70 bits per heavy atom. The first-order valence-corrected chi connectivity index (χ1v) is 11.6. The van der Waals surface area contributed by atoms with Gasteiger partial charge in [0.1, 0.15) is 11.5 Å². The van der Waals surface area contributed by atoms with E-state index in [1.54, 1.807) is 53.3 Å². The lowest BCUT2D eigenvalue weighted by Gasteiger charge is -2.36. The van der Waals surface area contributed by atoms with Crippen molar-refractivity contribution in [2.45, 2.75) is 25.7 Å². The van der Waals surface area contributed by atoms with Crippen LogP contribution >= 0.6 is 0 Å². The quantitative estimate of drug-likeness (QED) is 0.425. The molecule has 0 unspecified atom stereocenters. The number of amides is 3. The number of alkyl halides is 3. The van der Waals surface area contributed by atoms with Crippen molar-refractivity contribution in [2.24, 2.45) is 0 Å². The van der Waals surface area contributed by atoms with Crippen molar-refractivity contribution >= 4 is 23.3 Å². The highest BCUT2D eigenvalue weighted by molar-refractivity contribution is 6.01. The van der Waals surface area contributed by atoms with E-state index in [-0.39, 0.29) is 30.7 Å². The Morgan fingerprint density at radius 1 is 0.946 bits per heavy atom. The fourth-order valence-electron chi connectivity index (χ4n) is 4.15. The molecule has 37 heavy (non-hydrogen) atoms. The number of halogens is 3. The highest BCUT2D eigenvalue weighted by Crippen LogP contribution is 2.30. The van der Waals surface area contributed by atoms with Crippen LogP contribution < -0.4 is 19.7 Å². The fourth-order valence-corrected chi connectivity index (χ4v) is 4.15. The Balaban J connectivity index is 1.44. The Labute approximate surface area is 212 Å². The zero-order valence-electron chi connectivity index (χ0n) is 20.1. The Hall–Kier alpha value is -4.21. The zero-order valence-corrected chi connectivity index (χ0v) is 20.1. The number of nitrogens with zero attached hydrogens (tertiary/aromatic N) is 2. The first kappa shape index (κ1) is 25.9. The van der Waals surface area contributed by atoms with Crippen molar-refractivity contribution in [3.63, 3.8) is 0 Å². The molecule has 1 fully saturated rings. The number of hydrogen-bond donors (Lipinski definition) is 1. The molecule has 0 atom stereocenters. The third-order valence-electron chi connectivity index (χ3n) is 5.81. The van der Waals surface area contributed by atoms with E-state index in [0.29, 0.717) is 42.2 Å². The van der Waals surface area contributed by atoms with Crippen LogP contribution in [0.3, 0.4) is 0 Å². The van der Waals surface area contributed by atoms with Gasteiger partial charge < -0.3 is 19.7 Å². The van der Waals surface area contributed by atoms with Crippen LogP contribution in [0.5, 0.6) is 11.5 Å². The van der Waals surface area contributed by atoms with Crippen LogP contribution in [0, 0.1) is 0 Å². The number of urea groups is 1. The van der Waals surface area contributed by atoms with Gasteiger partial charge in [-0.15, -0.1) is 13.2 Å². The second-order valence-corrected chi connectivity index (χ2v) is 8.49. The standard InChI is InChI=1S/C27H26F3N3O4/c1-36-22-7-4-6-20(16-22)17-25(34)31-23-8-2-3-9-24(23)33-15-5-14-32(26(33)35)18-19-10-12-21(13-11-19)37-27(28,29)30/h2-4,6-13,16H,5,14-15,17-18H2,1H3,(H,31,34). The van der Waals surface area contributed by atoms with E-state index >= 15 is 0 Å². The van der Waals surface area contributed by atoms with Gasteiger partial charge in [-0.3, -0.25) is 9.69 Å². The summed E-state index contributed by atoms with van der Waals surface area (Å²) in [4.78, 5) is 29.3.